The SMILES string of the molecule is CC1=C(C=O)CCCC12OCCS2. The van der Waals surface area contributed by atoms with Crippen LogP contribution in [0.4, 0.5) is 0 Å². The Morgan fingerprint density at radius 2 is 2.46 bits per heavy atom. The van der Waals surface area contributed by atoms with Gasteiger partial charge in [0.25, 0.3) is 0 Å². The van der Waals surface area contributed by atoms with E-state index in [0.29, 0.717) is 0 Å². The molecular weight excluding hydrogens is 184 g/mol. The maximum absolute atomic E-state index is 10.8. The molecule has 0 aromatic rings. The zero-order valence-electron chi connectivity index (χ0n) is 7.84. The maximum atomic E-state index is 10.8. The fourth-order valence-corrected chi connectivity index (χ4v) is 3.39. The first-order chi connectivity index (χ1) is 6.28. The molecule has 13 heavy (non-hydrogen) atoms. The number of hydrogen-bond acceptors (Lipinski definition) is 3. The number of hydrogen-bond donors (Lipinski definition) is 0. The number of rotatable bonds is 1. The first-order valence-corrected chi connectivity index (χ1v) is 5.70. The standard InChI is InChI=1S/C10H14O2S/c1-8-9(7-11)3-2-4-10(8)12-5-6-13-10/h7H,2-6H2,1H3. The Labute approximate surface area is 82.7 Å². The van der Waals surface area contributed by atoms with Gasteiger partial charge in [-0.2, -0.15) is 0 Å². The maximum Gasteiger partial charge on any atom is 0.146 e. The largest absolute Gasteiger partial charge is 0.360 e. The molecule has 1 heterocycles. The Morgan fingerprint density at radius 3 is 3.08 bits per heavy atom. The second-order valence-corrected chi connectivity index (χ2v) is 4.93. The van der Waals surface area contributed by atoms with Crippen LogP contribution in [0.2, 0.25) is 0 Å². The second-order valence-electron chi connectivity index (χ2n) is 3.57. The van der Waals surface area contributed by atoms with Crippen molar-refractivity contribution in [3.63, 3.8) is 0 Å². The van der Waals surface area contributed by atoms with E-state index in [9.17, 15) is 4.79 Å². The minimum atomic E-state index is -0.130. The first-order valence-electron chi connectivity index (χ1n) is 4.72. The van der Waals surface area contributed by atoms with Gasteiger partial charge in [-0.25, -0.2) is 0 Å². The molecule has 0 saturated carbocycles. The molecule has 0 radical (unpaired) electrons. The van der Waals surface area contributed by atoms with E-state index in [1.54, 1.807) is 0 Å². The zero-order chi connectivity index (χ0) is 9.31. The Morgan fingerprint density at radius 1 is 1.62 bits per heavy atom. The zero-order valence-corrected chi connectivity index (χ0v) is 8.65. The average Bonchev–Trinajstić information content (AvgIpc) is 2.60. The van der Waals surface area contributed by atoms with E-state index in [4.69, 9.17) is 4.74 Å². The number of carbonyl (C=O) groups is 1. The lowest BCUT2D eigenvalue weighted by atomic mass is 9.90. The van der Waals surface area contributed by atoms with Crippen LogP contribution in [-0.4, -0.2) is 23.6 Å². The molecule has 1 spiro atoms. The highest BCUT2D eigenvalue weighted by Crippen LogP contribution is 2.47. The van der Waals surface area contributed by atoms with Crippen LogP contribution in [-0.2, 0) is 9.53 Å². The molecule has 2 aliphatic rings. The predicted molar refractivity (Wildman–Crippen MR) is 53.8 cm³/mol. The summed E-state index contributed by atoms with van der Waals surface area (Å²) in [5.41, 5.74) is 2.12. The van der Waals surface area contributed by atoms with Crippen molar-refractivity contribution in [1.29, 1.82) is 0 Å². The lowest BCUT2D eigenvalue weighted by Crippen LogP contribution is -2.30. The highest BCUT2D eigenvalue weighted by molar-refractivity contribution is 8.00. The van der Waals surface area contributed by atoms with Crippen molar-refractivity contribution in [3.8, 4) is 0 Å². The monoisotopic (exact) mass is 198 g/mol. The van der Waals surface area contributed by atoms with Crippen molar-refractivity contribution in [1.82, 2.24) is 0 Å². The molecular formula is C10H14O2S. The number of thioether (sulfide) groups is 1. The quantitative estimate of drug-likeness (QED) is 0.604. The Hall–Kier alpha value is -0.280. The summed E-state index contributed by atoms with van der Waals surface area (Å²) in [4.78, 5) is 10.7. The Balaban J connectivity index is 2.33. The van der Waals surface area contributed by atoms with Gasteiger partial charge in [-0.15, -0.1) is 11.8 Å². The van der Waals surface area contributed by atoms with Gasteiger partial charge in [0, 0.05) is 5.75 Å². The lowest BCUT2D eigenvalue weighted by Gasteiger charge is -2.33. The van der Waals surface area contributed by atoms with Gasteiger partial charge in [-0.3, -0.25) is 4.79 Å². The fraction of sp³-hybridized carbons (Fsp3) is 0.700. The molecule has 72 valence electrons. The van der Waals surface area contributed by atoms with Crippen LogP contribution in [0.3, 0.4) is 0 Å². The molecule has 0 aromatic heterocycles. The molecule has 1 atom stereocenters. The van der Waals surface area contributed by atoms with Crippen LogP contribution in [0.15, 0.2) is 11.1 Å². The third kappa shape index (κ3) is 1.44. The summed E-state index contributed by atoms with van der Waals surface area (Å²) in [6.07, 6.45) is 4.08. The van der Waals surface area contributed by atoms with E-state index in [-0.39, 0.29) is 4.93 Å². The molecule has 0 N–H and O–H groups in total. The van der Waals surface area contributed by atoms with Crippen LogP contribution in [0, 0.1) is 0 Å². The van der Waals surface area contributed by atoms with Crippen molar-refractivity contribution in [3.05, 3.63) is 11.1 Å². The van der Waals surface area contributed by atoms with Crippen LogP contribution in [0.5, 0.6) is 0 Å². The number of allylic oxidation sites excluding steroid dienone is 1. The van der Waals surface area contributed by atoms with E-state index in [0.717, 1.165) is 49.1 Å². The van der Waals surface area contributed by atoms with Crippen molar-refractivity contribution in [2.45, 2.75) is 31.1 Å². The summed E-state index contributed by atoms with van der Waals surface area (Å²) >= 11 is 1.85. The van der Waals surface area contributed by atoms with E-state index >= 15 is 0 Å². The first kappa shape index (κ1) is 9.28. The van der Waals surface area contributed by atoms with Gasteiger partial charge in [0.15, 0.2) is 0 Å². The predicted octanol–water partition coefficient (Wildman–Crippen LogP) is 2.15. The van der Waals surface area contributed by atoms with Gasteiger partial charge in [-0.05, 0) is 37.3 Å². The summed E-state index contributed by atoms with van der Waals surface area (Å²) in [6.45, 7) is 2.87. The van der Waals surface area contributed by atoms with E-state index < -0.39 is 0 Å². The van der Waals surface area contributed by atoms with Crippen molar-refractivity contribution in [2.75, 3.05) is 12.4 Å². The molecule has 1 aliphatic carbocycles. The van der Waals surface area contributed by atoms with Gasteiger partial charge < -0.3 is 4.74 Å². The number of carbonyl (C=O) groups excluding carboxylic acids is 1. The molecule has 0 bridgehead atoms. The summed E-state index contributed by atoms with van der Waals surface area (Å²) in [6, 6.07) is 0. The molecule has 1 fully saturated rings. The minimum Gasteiger partial charge on any atom is -0.360 e. The van der Waals surface area contributed by atoms with E-state index in [1.165, 1.54) is 0 Å². The fourth-order valence-electron chi connectivity index (χ4n) is 2.09. The molecule has 1 saturated heterocycles. The lowest BCUT2D eigenvalue weighted by molar-refractivity contribution is -0.105. The molecule has 1 aliphatic heterocycles. The van der Waals surface area contributed by atoms with Crippen molar-refractivity contribution >= 4 is 18.0 Å². The molecule has 2 rings (SSSR count). The summed E-state index contributed by atoms with van der Waals surface area (Å²) in [5.74, 6) is 1.06. The number of aldehydes is 1. The van der Waals surface area contributed by atoms with Gasteiger partial charge in [-0.1, -0.05) is 0 Å². The molecule has 0 amide bonds. The Kier molecular flexibility index (Phi) is 2.47. The van der Waals surface area contributed by atoms with E-state index in [1.807, 2.05) is 18.7 Å². The van der Waals surface area contributed by atoms with E-state index in [2.05, 4.69) is 0 Å². The third-order valence-electron chi connectivity index (χ3n) is 2.90. The van der Waals surface area contributed by atoms with Gasteiger partial charge in [0.1, 0.15) is 11.2 Å². The summed E-state index contributed by atoms with van der Waals surface area (Å²) in [7, 11) is 0. The van der Waals surface area contributed by atoms with Crippen molar-refractivity contribution < 1.29 is 9.53 Å². The molecule has 2 nitrogen and oxygen atoms in total. The van der Waals surface area contributed by atoms with Crippen LogP contribution < -0.4 is 0 Å². The highest BCUT2D eigenvalue weighted by Gasteiger charge is 2.40. The number of ether oxygens (including phenoxy) is 1. The topological polar surface area (TPSA) is 26.3 Å². The Bertz CT molecular complexity index is 252. The van der Waals surface area contributed by atoms with Crippen LogP contribution >= 0.6 is 11.8 Å². The smallest absolute Gasteiger partial charge is 0.146 e. The summed E-state index contributed by atoms with van der Waals surface area (Å²) < 4.78 is 5.77. The van der Waals surface area contributed by atoms with Gasteiger partial charge >= 0.3 is 0 Å². The van der Waals surface area contributed by atoms with Crippen molar-refractivity contribution in [2.24, 2.45) is 0 Å². The van der Waals surface area contributed by atoms with Gasteiger partial charge in [0.05, 0.1) is 6.61 Å². The average molecular weight is 198 g/mol. The van der Waals surface area contributed by atoms with Crippen LogP contribution in [0.1, 0.15) is 26.2 Å². The summed E-state index contributed by atoms with van der Waals surface area (Å²) in [5, 5.41) is 0. The minimum absolute atomic E-state index is 0.130. The molecule has 1 unspecified atom stereocenters. The normalized spacial score (nSPS) is 34.2. The second kappa shape index (κ2) is 3.46. The third-order valence-corrected chi connectivity index (χ3v) is 4.37. The van der Waals surface area contributed by atoms with Crippen LogP contribution in [0.25, 0.3) is 0 Å². The highest BCUT2D eigenvalue weighted by atomic mass is 32.2. The van der Waals surface area contributed by atoms with Gasteiger partial charge in [0.2, 0.25) is 0 Å². The molecule has 0 aromatic carbocycles. The molecule has 3 heteroatoms.